The average molecular weight is 288 g/mol. The maximum absolute atomic E-state index is 12.1. The molecular formula is C18H28N2O. The molecule has 0 saturated heterocycles. The molecule has 1 aromatic rings. The van der Waals surface area contributed by atoms with E-state index >= 15 is 0 Å². The Kier molecular flexibility index (Phi) is 6.24. The molecule has 1 aliphatic carbocycles. The normalized spacial score (nSPS) is 17.4. The van der Waals surface area contributed by atoms with E-state index in [2.05, 4.69) is 36.6 Å². The highest BCUT2D eigenvalue weighted by molar-refractivity contribution is 5.90. The summed E-state index contributed by atoms with van der Waals surface area (Å²) in [6.07, 6.45) is 7.02. The highest BCUT2D eigenvalue weighted by atomic mass is 16.1. The van der Waals surface area contributed by atoms with Gasteiger partial charge in [0.25, 0.3) is 0 Å². The van der Waals surface area contributed by atoms with E-state index in [1.54, 1.807) is 0 Å². The van der Waals surface area contributed by atoms with Gasteiger partial charge in [-0.3, -0.25) is 4.79 Å². The summed E-state index contributed by atoms with van der Waals surface area (Å²) in [6, 6.07) is 8.53. The van der Waals surface area contributed by atoms with Gasteiger partial charge in [-0.25, -0.2) is 0 Å². The lowest BCUT2D eigenvalue weighted by atomic mass is 9.87. The summed E-state index contributed by atoms with van der Waals surface area (Å²) in [5.74, 6) is 0.751. The molecule has 1 atom stereocenters. The largest absolute Gasteiger partial charge is 0.326 e. The van der Waals surface area contributed by atoms with Crippen molar-refractivity contribution in [3.05, 3.63) is 29.8 Å². The van der Waals surface area contributed by atoms with E-state index in [1.165, 1.54) is 37.7 Å². The third-order valence-electron chi connectivity index (χ3n) is 4.40. The van der Waals surface area contributed by atoms with Gasteiger partial charge in [0.2, 0.25) is 5.91 Å². The number of benzene rings is 1. The summed E-state index contributed by atoms with van der Waals surface area (Å²) >= 11 is 0. The monoisotopic (exact) mass is 288 g/mol. The first-order valence-corrected chi connectivity index (χ1v) is 8.32. The van der Waals surface area contributed by atoms with E-state index in [1.807, 2.05) is 12.1 Å². The van der Waals surface area contributed by atoms with E-state index in [0.29, 0.717) is 18.4 Å². The van der Waals surface area contributed by atoms with Gasteiger partial charge in [0.15, 0.2) is 0 Å². The molecule has 3 heteroatoms. The van der Waals surface area contributed by atoms with Crippen molar-refractivity contribution >= 4 is 11.6 Å². The lowest BCUT2D eigenvalue weighted by Crippen LogP contribution is -2.19. The molecule has 0 aromatic heterocycles. The van der Waals surface area contributed by atoms with Crippen molar-refractivity contribution in [2.45, 2.75) is 58.4 Å². The molecule has 116 valence electrons. The minimum Gasteiger partial charge on any atom is -0.326 e. The molecule has 1 fully saturated rings. The molecule has 0 heterocycles. The second-order valence-corrected chi connectivity index (χ2v) is 6.16. The fourth-order valence-electron chi connectivity index (χ4n) is 3.14. The molecule has 2 N–H and O–H groups in total. The van der Waals surface area contributed by atoms with Crippen LogP contribution in [0.2, 0.25) is 0 Å². The van der Waals surface area contributed by atoms with Crippen molar-refractivity contribution in [1.29, 1.82) is 0 Å². The Morgan fingerprint density at radius 1 is 1.19 bits per heavy atom. The predicted molar refractivity (Wildman–Crippen MR) is 88.4 cm³/mol. The molecule has 1 unspecified atom stereocenters. The third kappa shape index (κ3) is 5.16. The van der Waals surface area contributed by atoms with Gasteiger partial charge in [-0.15, -0.1) is 0 Å². The van der Waals surface area contributed by atoms with Crippen LogP contribution in [0.15, 0.2) is 24.3 Å². The maximum atomic E-state index is 12.1. The Morgan fingerprint density at radius 3 is 2.48 bits per heavy atom. The lowest BCUT2D eigenvalue weighted by molar-refractivity contribution is -0.117. The summed E-state index contributed by atoms with van der Waals surface area (Å²) in [4.78, 5) is 12.1. The minimum absolute atomic E-state index is 0.161. The number of nitrogens with one attached hydrogen (secondary N) is 2. The van der Waals surface area contributed by atoms with E-state index in [-0.39, 0.29) is 5.91 Å². The molecule has 0 spiro atoms. The fraction of sp³-hybridized carbons (Fsp3) is 0.611. The molecule has 1 aliphatic rings. The quantitative estimate of drug-likeness (QED) is 0.821. The minimum atomic E-state index is 0.161. The van der Waals surface area contributed by atoms with Gasteiger partial charge in [-0.05, 0) is 49.9 Å². The van der Waals surface area contributed by atoms with Crippen molar-refractivity contribution in [2.24, 2.45) is 5.92 Å². The smallest absolute Gasteiger partial charge is 0.224 e. The first-order chi connectivity index (χ1) is 10.2. The average Bonchev–Trinajstić information content (AvgIpc) is 2.49. The van der Waals surface area contributed by atoms with Crippen LogP contribution in [-0.4, -0.2) is 12.5 Å². The van der Waals surface area contributed by atoms with Gasteiger partial charge >= 0.3 is 0 Å². The number of amides is 1. The molecule has 21 heavy (non-hydrogen) atoms. The van der Waals surface area contributed by atoms with Gasteiger partial charge in [0.05, 0.1) is 0 Å². The molecular weight excluding hydrogens is 260 g/mol. The zero-order chi connectivity index (χ0) is 15.1. The van der Waals surface area contributed by atoms with E-state index < -0.39 is 0 Å². The van der Waals surface area contributed by atoms with Crippen LogP contribution in [0.4, 0.5) is 5.69 Å². The Bertz CT molecular complexity index is 435. The number of carbonyl (C=O) groups is 1. The Labute approximate surface area is 128 Å². The molecule has 1 aromatic carbocycles. The maximum Gasteiger partial charge on any atom is 0.224 e. The second kappa shape index (κ2) is 8.18. The van der Waals surface area contributed by atoms with E-state index in [4.69, 9.17) is 0 Å². The lowest BCUT2D eigenvalue weighted by Gasteiger charge is -2.21. The van der Waals surface area contributed by atoms with Crippen LogP contribution < -0.4 is 10.6 Å². The van der Waals surface area contributed by atoms with Crippen LogP contribution in [0.1, 0.15) is 64.0 Å². The zero-order valence-corrected chi connectivity index (χ0v) is 13.3. The molecule has 2 rings (SSSR count). The van der Waals surface area contributed by atoms with Gasteiger partial charge in [0.1, 0.15) is 0 Å². The van der Waals surface area contributed by atoms with Crippen molar-refractivity contribution in [3.8, 4) is 0 Å². The van der Waals surface area contributed by atoms with Crippen molar-refractivity contribution in [1.82, 2.24) is 5.32 Å². The fourth-order valence-corrected chi connectivity index (χ4v) is 3.14. The number of hydrogen-bond acceptors (Lipinski definition) is 2. The summed E-state index contributed by atoms with van der Waals surface area (Å²) in [5.41, 5.74) is 2.16. The summed E-state index contributed by atoms with van der Waals surface area (Å²) < 4.78 is 0. The van der Waals surface area contributed by atoms with Crippen LogP contribution in [-0.2, 0) is 4.79 Å². The molecule has 0 radical (unpaired) electrons. The predicted octanol–water partition coefficient (Wildman–Crippen LogP) is 4.27. The van der Waals surface area contributed by atoms with E-state index in [0.717, 1.165) is 12.2 Å². The van der Waals surface area contributed by atoms with Gasteiger partial charge in [-0.2, -0.15) is 0 Å². The first kappa shape index (κ1) is 16.0. The van der Waals surface area contributed by atoms with Crippen molar-refractivity contribution < 1.29 is 4.79 Å². The zero-order valence-electron chi connectivity index (χ0n) is 13.3. The molecule has 3 nitrogen and oxygen atoms in total. The first-order valence-electron chi connectivity index (χ1n) is 8.32. The van der Waals surface area contributed by atoms with Crippen LogP contribution in [0.5, 0.6) is 0 Å². The number of rotatable bonds is 6. The Hall–Kier alpha value is -1.35. The van der Waals surface area contributed by atoms with Crippen LogP contribution in [0, 0.1) is 5.92 Å². The standard InChI is InChI=1S/C18H28N2O/c1-3-19-14(2)16-9-11-17(12-10-16)20-18(21)13-15-7-5-4-6-8-15/h9-12,14-15,19H,3-8,13H2,1-2H3,(H,20,21). The Morgan fingerprint density at radius 2 is 1.86 bits per heavy atom. The molecule has 0 bridgehead atoms. The van der Waals surface area contributed by atoms with Gasteiger partial charge in [-0.1, -0.05) is 38.3 Å². The second-order valence-electron chi connectivity index (χ2n) is 6.16. The highest BCUT2D eigenvalue weighted by Gasteiger charge is 2.17. The topological polar surface area (TPSA) is 41.1 Å². The molecule has 1 amide bonds. The van der Waals surface area contributed by atoms with Crippen molar-refractivity contribution in [2.75, 3.05) is 11.9 Å². The third-order valence-corrected chi connectivity index (χ3v) is 4.40. The number of carbonyl (C=O) groups excluding carboxylic acids is 1. The molecule has 1 saturated carbocycles. The number of anilines is 1. The summed E-state index contributed by atoms with van der Waals surface area (Å²) in [5, 5.41) is 6.42. The van der Waals surface area contributed by atoms with Crippen LogP contribution in [0.25, 0.3) is 0 Å². The summed E-state index contributed by atoms with van der Waals surface area (Å²) in [7, 11) is 0. The summed E-state index contributed by atoms with van der Waals surface area (Å²) in [6.45, 7) is 5.22. The SMILES string of the molecule is CCNC(C)c1ccc(NC(=O)CC2CCCCC2)cc1. The van der Waals surface area contributed by atoms with Gasteiger partial charge < -0.3 is 10.6 Å². The highest BCUT2D eigenvalue weighted by Crippen LogP contribution is 2.26. The van der Waals surface area contributed by atoms with E-state index in [9.17, 15) is 4.79 Å². The van der Waals surface area contributed by atoms with Crippen LogP contribution in [0.3, 0.4) is 0 Å². The van der Waals surface area contributed by atoms with Crippen LogP contribution >= 0.6 is 0 Å². The number of hydrogen-bond donors (Lipinski definition) is 2. The Balaban J connectivity index is 1.83. The molecule has 0 aliphatic heterocycles. The van der Waals surface area contributed by atoms with Gasteiger partial charge in [0, 0.05) is 18.2 Å². The van der Waals surface area contributed by atoms with Crippen molar-refractivity contribution in [3.63, 3.8) is 0 Å².